The van der Waals surface area contributed by atoms with Gasteiger partial charge < -0.3 is 19.8 Å². The molecule has 10 nitrogen and oxygen atoms in total. The number of ether oxygens (including phenoxy) is 2. The minimum Gasteiger partial charge on any atom is -0.464 e. The Balaban J connectivity index is 1.83. The lowest BCUT2D eigenvalue weighted by molar-refractivity contribution is -0.149. The second-order valence-corrected chi connectivity index (χ2v) is 8.28. The molecule has 0 aromatic carbocycles. The molecule has 2 aromatic rings. The first-order valence-corrected chi connectivity index (χ1v) is 10.6. The van der Waals surface area contributed by atoms with Crippen LogP contribution < -0.4 is 10.8 Å². The first-order valence-electron chi connectivity index (χ1n) is 9.17. The van der Waals surface area contributed by atoms with Crippen molar-refractivity contribution in [2.24, 2.45) is 0 Å². The van der Waals surface area contributed by atoms with E-state index in [1.807, 2.05) is 13.8 Å². The zero-order valence-electron chi connectivity index (χ0n) is 16.7. The lowest BCUT2D eigenvalue weighted by Gasteiger charge is -2.18. The fourth-order valence-electron chi connectivity index (χ4n) is 2.44. The van der Waals surface area contributed by atoms with E-state index in [1.54, 1.807) is 24.7 Å². The van der Waals surface area contributed by atoms with Gasteiger partial charge in [-0.15, -0.1) is 0 Å². The third-order valence-electron chi connectivity index (χ3n) is 4.01. The molecular weight excluding hydrogens is 383 g/mol. The average Bonchev–Trinajstić information content (AvgIpc) is 3.04. The van der Waals surface area contributed by atoms with E-state index in [9.17, 15) is 9.36 Å². The van der Waals surface area contributed by atoms with E-state index in [-0.39, 0.29) is 12.5 Å². The summed E-state index contributed by atoms with van der Waals surface area (Å²) in [7, 11) is -1.95. The topological polar surface area (TPSA) is 134 Å². The minimum atomic E-state index is -1.95. The van der Waals surface area contributed by atoms with Gasteiger partial charge in [-0.05, 0) is 31.8 Å². The number of hydrogen-bond donors (Lipinski definition) is 2. The Labute approximate surface area is 165 Å². The largest absolute Gasteiger partial charge is 0.464 e. The van der Waals surface area contributed by atoms with Crippen LogP contribution >= 0.6 is 7.95 Å². The molecule has 154 valence electrons. The molecule has 0 saturated heterocycles. The molecule has 0 spiro atoms. The number of carbonyl (C=O) groups is 1. The number of nitrogens with one attached hydrogen (secondary N) is 1. The van der Waals surface area contributed by atoms with Crippen LogP contribution in [0.5, 0.6) is 0 Å². The molecule has 2 heterocycles. The number of carbonyl (C=O) groups excluding carboxylic acids is 1. The third-order valence-corrected chi connectivity index (χ3v) is 5.20. The Bertz CT molecular complexity index is 825. The lowest BCUT2D eigenvalue weighted by atomic mass is 10.1. The average molecular weight is 411 g/mol. The molecule has 0 aliphatic heterocycles. The molecule has 0 bridgehead atoms. The maximum atomic E-state index is 12.3. The number of nitrogens with zero attached hydrogens (tertiary/aromatic N) is 4. The highest BCUT2D eigenvalue weighted by Crippen LogP contribution is 2.23. The number of unbranched alkanes of at least 4 members (excludes halogenated alkanes) is 1. The summed E-state index contributed by atoms with van der Waals surface area (Å²) in [5, 5.41) is 2.79. The predicted molar refractivity (Wildman–Crippen MR) is 106 cm³/mol. The predicted octanol–water partition coefficient (Wildman–Crippen LogP) is 2.22. The molecule has 28 heavy (non-hydrogen) atoms. The number of hydrogen-bond acceptors (Lipinski definition) is 8. The van der Waals surface area contributed by atoms with Crippen LogP contribution in [0.25, 0.3) is 11.2 Å². The van der Waals surface area contributed by atoms with Crippen LogP contribution in [0.1, 0.15) is 40.5 Å². The van der Waals surface area contributed by atoms with Crippen LogP contribution in [0, 0.1) is 0 Å². The van der Waals surface area contributed by atoms with Crippen molar-refractivity contribution >= 4 is 30.9 Å². The van der Waals surface area contributed by atoms with Crippen molar-refractivity contribution in [3.63, 3.8) is 0 Å². The van der Waals surface area contributed by atoms with Crippen molar-refractivity contribution in [1.29, 1.82) is 0 Å². The molecule has 3 N–H and O–H groups in total. The highest BCUT2D eigenvalue weighted by Gasteiger charge is 2.37. The third kappa shape index (κ3) is 5.92. The summed E-state index contributed by atoms with van der Waals surface area (Å²) >= 11 is 0. The molecule has 0 aliphatic rings. The molecule has 0 fully saturated rings. The highest BCUT2D eigenvalue weighted by molar-refractivity contribution is 7.42. The molecule has 0 radical (unpaired) electrons. The normalized spacial score (nSPS) is 13.5. The van der Waals surface area contributed by atoms with Gasteiger partial charge in [-0.1, -0.05) is 18.4 Å². The van der Waals surface area contributed by atoms with E-state index in [4.69, 9.17) is 15.2 Å². The molecule has 0 saturated carbocycles. The number of rotatable bonds is 11. The summed E-state index contributed by atoms with van der Waals surface area (Å²) in [6.45, 7) is 7.96. The molecule has 2 aromatic heterocycles. The summed E-state index contributed by atoms with van der Waals surface area (Å²) in [5.41, 5.74) is 5.87. The molecule has 2 atom stereocenters. The van der Waals surface area contributed by atoms with Gasteiger partial charge in [-0.3, -0.25) is 0 Å². The summed E-state index contributed by atoms with van der Waals surface area (Å²) in [6, 6.07) is 0. The van der Waals surface area contributed by atoms with Crippen molar-refractivity contribution in [3.05, 3.63) is 12.7 Å². The van der Waals surface area contributed by atoms with Crippen LogP contribution in [-0.4, -0.2) is 50.1 Å². The lowest BCUT2D eigenvalue weighted by Crippen LogP contribution is -2.44. The second-order valence-electron chi connectivity index (χ2n) is 7.04. The first kappa shape index (κ1) is 22.1. The van der Waals surface area contributed by atoms with E-state index in [0.29, 0.717) is 30.1 Å². The molecule has 11 heteroatoms. The van der Waals surface area contributed by atoms with E-state index in [0.717, 1.165) is 12.8 Å². The SMILES string of the molecule is CCCCOC(=O)C(C)(C)N[P+](=O)COC(C)Cn1cnc2c(N)ncnc21. The van der Waals surface area contributed by atoms with Crippen molar-refractivity contribution in [3.8, 4) is 0 Å². The van der Waals surface area contributed by atoms with Gasteiger partial charge in [-0.25, -0.2) is 19.7 Å². The van der Waals surface area contributed by atoms with Gasteiger partial charge in [0, 0.05) is 0 Å². The van der Waals surface area contributed by atoms with E-state index >= 15 is 0 Å². The second kappa shape index (κ2) is 9.86. The number of esters is 1. The Morgan fingerprint density at radius 3 is 2.86 bits per heavy atom. The smallest absolute Gasteiger partial charge is 0.461 e. The van der Waals surface area contributed by atoms with E-state index in [1.165, 1.54) is 6.33 Å². The van der Waals surface area contributed by atoms with Crippen molar-refractivity contribution in [2.75, 3.05) is 18.7 Å². The molecule has 0 amide bonds. The van der Waals surface area contributed by atoms with E-state index in [2.05, 4.69) is 20.0 Å². The van der Waals surface area contributed by atoms with Crippen LogP contribution in [0.3, 0.4) is 0 Å². The Morgan fingerprint density at radius 1 is 1.39 bits per heavy atom. The Hall–Kier alpha value is -2.16. The number of anilines is 1. The summed E-state index contributed by atoms with van der Waals surface area (Å²) in [6.07, 6.45) is 4.44. The quantitative estimate of drug-likeness (QED) is 0.324. The summed E-state index contributed by atoms with van der Waals surface area (Å²) in [4.78, 5) is 24.4. The maximum Gasteiger partial charge on any atom is 0.461 e. The monoisotopic (exact) mass is 411 g/mol. The fraction of sp³-hybridized carbons (Fsp3) is 0.647. The van der Waals surface area contributed by atoms with Crippen LogP contribution in [0.4, 0.5) is 5.82 Å². The van der Waals surface area contributed by atoms with Gasteiger partial charge in [0.15, 0.2) is 17.0 Å². The standard InChI is InChI=1S/C17H28N6O4P/c1-5-6-7-26-16(24)17(3,4)22-28(25)11-27-12(2)8-23-10-21-13-14(18)19-9-20-15(13)23/h9-10,12H,5-8,11H2,1-4H3,(H,22,25)(H2,18,19,20)/q+1. The van der Waals surface area contributed by atoms with Gasteiger partial charge >= 0.3 is 13.9 Å². The van der Waals surface area contributed by atoms with Gasteiger partial charge in [-0.2, -0.15) is 0 Å². The maximum absolute atomic E-state index is 12.3. The van der Waals surface area contributed by atoms with Gasteiger partial charge in [0.2, 0.25) is 0 Å². The van der Waals surface area contributed by atoms with Crippen molar-refractivity contribution < 1.29 is 18.8 Å². The summed E-state index contributed by atoms with van der Waals surface area (Å²) < 4.78 is 25.0. The highest BCUT2D eigenvalue weighted by atomic mass is 31.1. The van der Waals surface area contributed by atoms with E-state index < -0.39 is 19.5 Å². The number of nitrogens with two attached hydrogens (primary N) is 1. The van der Waals surface area contributed by atoms with Gasteiger partial charge in [0.1, 0.15) is 11.8 Å². The van der Waals surface area contributed by atoms with Crippen LogP contribution in [0.2, 0.25) is 0 Å². The fourth-order valence-corrected chi connectivity index (χ4v) is 3.61. The molecule has 2 rings (SSSR count). The van der Waals surface area contributed by atoms with Crippen molar-refractivity contribution in [1.82, 2.24) is 24.6 Å². The van der Waals surface area contributed by atoms with Gasteiger partial charge in [0.05, 0.1) is 25.6 Å². The van der Waals surface area contributed by atoms with Crippen LogP contribution in [-0.2, 0) is 25.4 Å². The van der Waals surface area contributed by atoms with Crippen molar-refractivity contribution in [2.45, 2.75) is 58.7 Å². The number of fused-ring (bicyclic) bond motifs is 1. The molecule has 0 aliphatic carbocycles. The minimum absolute atomic E-state index is 0.0358. The number of aromatic nitrogens is 4. The molecule has 2 unspecified atom stereocenters. The zero-order chi connectivity index (χ0) is 20.7. The van der Waals surface area contributed by atoms with Gasteiger partial charge in [0.25, 0.3) is 6.35 Å². The summed E-state index contributed by atoms with van der Waals surface area (Å²) in [5.74, 6) is -0.114. The first-order chi connectivity index (χ1) is 13.2. The Kier molecular flexibility index (Phi) is 7.79. The van der Waals surface area contributed by atoms with Crippen LogP contribution in [0.15, 0.2) is 12.7 Å². The molecular formula is C17H28N6O4P+. The number of imidazole rings is 1. The Morgan fingerprint density at radius 2 is 2.14 bits per heavy atom. The zero-order valence-corrected chi connectivity index (χ0v) is 17.6. The number of nitrogen functional groups attached to an aromatic ring is 1.